The van der Waals surface area contributed by atoms with Gasteiger partial charge in [0, 0.05) is 5.69 Å². The van der Waals surface area contributed by atoms with E-state index >= 15 is 0 Å². The van der Waals surface area contributed by atoms with E-state index in [1.165, 1.54) is 5.56 Å². The van der Waals surface area contributed by atoms with Crippen LogP contribution in [-0.4, -0.2) is 16.1 Å². The molecule has 0 aliphatic rings. The molecule has 0 aliphatic heterocycles. The van der Waals surface area contributed by atoms with Crippen molar-refractivity contribution < 1.29 is 4.79 Å². The Morgan fingerprint density at radius 1 is 1.42 bits per heavy atom. The van der Waals surface area contributed by atoms with E-state index in [2.05, 4.69) is 29.4 Å². The Hall–Kier alpha value is -2.30. The Bertz CT molecular complexity index is 601. The lowest BCUT2D eigenvalue weighted by Crippen LogP contribution is -2.14. The zero-order valence-electron chi connectivity index (χ0n) is 11.3. The number of H-pyrrole nitrogens is 1. The maximum atomic E-state index is 12.1. The SMILES string of the molecule is Cc1[nH]nc(C(=O)Nc2cccc(C(C)C)c2)c1N. The summed E-state index contributed by atoms with van der Waals surface area (Å²) in [6.07, 6.45) is 0. The fourth-order valence-corrected chi connectivity index (χ4v) is 1.78. The number of aromatic nitrogens is 2. The number of nitrogens with zero attached hydrogens (tertiary/aromatic N) is 1. The number of nitrogens with one attached hydrogen (secondary N) is 2. The maximum Gasteiger partial charge on any atom is 0.278 e. The first-order valence-electron chi connectivity index (χ1n) is 6.20. The van der Waals surface area contributed by atoms with Gasteiger partial charge in [-0.2, -0.15) is 5.10 Å². The van der Waals surface area contributed by atoms with Gasteiger partial charge in [0.15, 0.2) is 5.69 Å². The van der Waals surface area contributed by atoms with Gasteiger partial charge in [-0.3, -0.25) is 9.89 Å². The molecule has 0 aliphatic carbocycles. The van der Waals surface area contributed by atoms with E-state index in [9.17, 15) is 4.79 Å². The molecule has 0 unspecified atom stereocenters. The highest BCUT2D eigenvalue weighted by molar-refractivity contribution is 6.06. The first kappa shape index (κ1) is 13.1. The molecule has 0 saturated heterocycles. The van der Waals surface area contributed by atoms with Gasteiger partial charge in [0.25, 0.3) is 5.91 Å². The smallest absolute Gasteiger partial charge is 0.278 e. The standard InChI is InChI=1S/C14H18N4O/c1-8(2)10-5-4-6-11(7-10)16-14(19)13-12(15)9(3)17-18-13/h4-8H,15H2,1-3H3,(H,16,19)(H,17,18). The fourth-order valence-electron chi connectivity index (χ4n) is 1.78. The second-order valence-corrected chi connectivity index (χ2v) is 4.85. The van der Waals surface area contributed by atoms with Gasteiger partial charge in [-0.25, -0.2) is 0 Å². The molecular formula is C14H18N4O. The Morgan fingerprint density at radius 3 is 2.74 bits per heavy atom. The highest BCUT2D eigenvalue weighted by Crippen LogP contribution is 2.20. The van der Waals surface area contributed by atoms with Crippen molar-refractivity contribution in [2.45, 2.75) is 26.7 Å². The van der Waals surface area contributed by atoms with Crippen molar-refractivity contribution in [1.82, 2.24) is 10.2 Å². The zero-order chi connectivity index (χ0) is 14.0. The van der Waals surface area contributed by atoms with Gasteiger partial charge in [0.2, 0.25) is 0 Å². The third kappa shape index (κ3) is 2.76. The number of rotatable bonds is 3. The van der Waals surface area contributed by atoms with Crippen LogP contribution in [0.1, 0.15) is 41.5 Å². The molecule has 0 fully saturated rings. The largest absolute Gasteiger partial charge is 0.395 e. The quantitative estimate of drug-likeness (QED) is 0.791. The summed E-state index contributed by atoms with van der Waals surface area (Å²) < 4.78 is 0. The van der Waals surface area contributed by atoms with E-state index in [-0.39, 0.29) is 11.6 Å². The maximum absolute atomic E-state index is 12.1. The molecule has 0 bridgehead atoms. The summed E-state index contributed by atoms with van der Waals surface area (Å²) in [5.74, 6) is 0.109. The second-order valence-electron chi connectivity index (χ2n) is 4.85. The minimum atomic E-state index is -0.303. The Kier molecular flexibility index (Phi) is 3.55. The van der Waals surface area contributed by atoms with E-state index in [4.69, 9.17) is 5.73 Å². The zero-order valence-corrected chi connectivity index (χ0v) is 11.3. The Balaban J connectivity index is 2.19. The predicted molar refractivity (Wildman–Crippen MR) is 76.2 cm³/mol. The summed E-state index contributed by atoms with van der Waals surface area (Å²) in [6, 6.07) is 7.76. The van der Waals surface area contributed by atoms with Crippen molar-refractivity contribution >= 4 is 17.3 Å². The number of carbonyl (C=O) groups is 1. The van der Waals surface area contributed by atoms with Crippen molar-refractivity contribution in [2.75, 3.05) is 11.1 Å². The lowest BCUT2D eigenvalue weighted by Gasteiger charge is -2.09. The molecule has 5 nitrogen and oxygen atoms in total. The number of hydrogen-bond acceptors (Lipinski definition) is 3. The number of hydrogen-bond donors (Lipinski definition) is 3. The number of anilines is 2. The van der Waals surface area contributed by atoms with Crippen molar-refractivity contribution in [3.05, 3.63) is 41.2 Å². The summed E-state index contributed by atoms with van der Waals surface area (Å²) in [4.78, 5) is 12.1. The van der Waals surface area contributed by atoms with Gasteiger partial charge < -0.3 is 11.1 Å². The van der Waals surface area contributed by atoms with Gasteiger partial charge in [-0.15, -0.1) is 0 Å². The van der Waals surface area contributed by atoms with Gasteiger partial charge >= 0.3 is 0 Å². The number of benzene rings is 1. The molecule has 2 aromatic rings. The predicted octanol–water partition coefficient (Wildman–Crippen LogP) is 2.68. The summed E-state index contributed by atoms with van der Waals surface area (Å²) in [6.45, 7) is 5.99. The van der Waals surface area contributed by atoms with Gasteiger partial charge in [-0.05, 0) is 30.5 Å². The minimum absolute atomic E-state index is 0.229. The normalized spacial score (nSPS) is 10.7. The fraction of sp³-hybridized carbons (Fsp3) is 0.286. The number of aromatic amines is 1. The molecule has 1 amide bonds. The van der Waals surface area contributed by atoms with Crippen LogP contribution in [0, 0.1) is 6.92 Å². The van der Waals surface area contributed by atoms with Crippen LogP contribution in [0.4, 0.5) is 11.4 Å². The average molecular weight is 258 g/mol. The van der Waals surface area contributed by atoms with Crippen LogP contribution >= 0.6 is 0 Å². The van der Waals surface area contributed by atoms with Gasteiger partial charge in [0.1, 0.15) is 0 Å². The molecule has 1 aromatic carbocycles. The molecular weight excluding hydrogens is 240 g/mol. The van der Waals surface area contributed by atoms with E-state index < -0.39 is 0 Å². The first-order valence-corrected chi connectivity index (χ1v) is 6.20. The third-order valence-electron chi connectivity index (χ3n) is 3.02. The third-order valence-corrected chi connectivity index (χ3v) is 3.02. The van der Waals surface area contributed by atoms with Crippen LogP contribution in [0.15, 0.2) is 24.3 Å². The molecule has 0 atom stereocenters. The highest BCUT2D eigenvalue weighted by Gasteiger charge is 2.15. The van der Waals surface area contributed by atoms with Crippen LogP contribution in [-0.2, 0) is 0 Å². The average Bonchev–Trinajstić information content (AvgIpc) is 2.70. The Labute approximate surface area is 112 Å². The highest BCUT2D eigenvalue weighted by atomic mass is 16.2. The number of nitrogens with two attached hydrogens (primary N) is 1. The van der Waals surface area contributed by atoms with Crippen LogP contribution in [0.2, 0.25) is 0 Å². The monoisotopic (exact) mass is 258 g/mol. The molecule has 100 valence electrons. The van der Waals surface area contributed by atoms with Gasteiger partial charge in [-0.1, -0.05) is 26.0 Å². The van der Waals surface area contributed by atoms with Crippen molar-refractivity contribution in [3.8, 4) is 0 Å². The lowest BCUT2D eigenvalue weighted by molar-refractivity contribution is 0.102. The van der Waals surface area contributed by atoms with Crippen LogP contribution < -0.4 is 11.1 Å². The second kappa shape index (κ2) is 5.14. The van der Waals surface area contributed by atoms with Crippen LogP contribution in [0.5, 0.6) is 0 Å². The van der Waals surface area contributed by atoms with E-state index in [1.54, 1.807) is 6.92 Å². The van der Waals surface area contributed by atoms with Crippen molar-refractivity contribution in [2.24, 2.45) is 0 Å². The number of carbonyl (C=O) groups excluding carboxylic acids is 1. The summed E-state index contributed by atoms with van der Waals surface area (Å²) >= 11 is 0. The van der Waals surface area contributed by atoms with Crippen molar-refractivity contribution in [1.29, 1.82) is 0 Å². The topological polar surface area (TPSA) is 83.8 Å². The molecule has 4 N–H and O–H groups in total. The molecule has 0 spiro atoms. The molecule has 1 aromatic heterocycles. The van der Waals surface area contributed by atoms with E-state index in [0.717, 1.165) is 5.69 Å². The minimum Gasteiger partial charge on any atom is -0.395 e. The van der Waals surface area contributed by atoms with Crippen LogP contribution in [0.3, 0.4) is 0 Å². The molecule has 1 heterocycles. The molecule has 2 rings (SSSR count). The molecule has 19 heavy (non-hydrogen) atoms. The number of amides is 1. The van der Waals surface area contributed by atoms with E-state index in [1.807, 2.05) is 24.3 Å². The van der Waals surface area contributed by atoms with Gasteiger partial charge in [0.05, 0.1) is 11.4 Å². The summed E-state index contributed by atoms with van der Waals surface area (Å²) in [7, 11) is 0. The van der Waals surface area contributed by atoms with E-state index in [0.29, 0.717) is 17.3 Å². The Morgan fingerprint density at radius 2 is 2.16 bits per heavy atom. The number of nitrogen functional groups attached to an aromatic ring is 1. The molecule has 0 radical (unpaired) electrons. The number of aryl methyl sites for hydroxylation is 1. The van der Waals surface area contributed by atoms with Crippen molar-refractivity contribution in [3.63, 3.8) is 0 Å². The summed E-state index contributed by atoms with van der Waals surface area (Å²) in [5, 5.41) is 9.41. The first-order chi connectivity index (χ1) is 8.99. The van der Waals surface area contributed by atoms with Crippen LogP contribution in [0.25, 0.3) is 0 Å². The molecule has 5 heteroatoms. The molecule has 0 saturated carbocycles. The lowest BCUT2D eigenvalue weighted by atomic mass is 10.0. The summed E-state index contributed by atoms with van der Waals surface area (Å²) in [5.41, 5.74) is 9.01.